The number of thiophene rings is 1. The molecule has 3 aromatic rings. The Bertz CT molecular complexity index is 896. The van der Waals surface area contributed by atoms with Crippen LogP contribution in [0, 0.1) is 0 Å². The Hall–Kier alpha value is -2.21. The van der Waals surface area contributed by atoms with Gasteiger partial charge in [-0.25, -0.2) is 0 Å². The average Bonchev–Trinajstić information content (AvgIpc) is 3.21. The molecule has 140 valence electrons. The number of anilines is 1. The van der Waals surface area contributed by atoms with Gasteiger partial charge in [0.2, 0.25) is 5.91 Å². The molecule has 0 radical (unpaired) electrons. The first-order valence-electron chi connectivity index (χ1n) is 9.48. The van der Waals surface area contributed by atoms with Gasteiger partial charge >= 0.3 is 0 Å². The number of piperazine rings is 1. The third-order valence-electron chi connectivity index (χ3n) is 5.34. The van der Waals surface area contributed by atoms with E-state index in [4.69, 9.17) is 0 Å². The van der Waals surface area contributed by atoms with Gasteiger partial charge in [-0.3, -0.25) is 14.6 Å². The monoisotopic (exact) mass is 379 g/mol. The maximum atomic E-state index is 12.8. The van der Waals surface area contributed by atoms with E-state index < -0.39 is 0 Å². The van der Waals surface area contributed by atoms with Crippen molar-refractivity contribution in [3.63, 3.8) is 0 Å². The molecule has 4 rings (SSSR count). The summed E-state index contributed by atoms with van der Waals surface area (Å²) in [5.74, 6) is 0.0676. The van der Waals surface area contributed by atoms with Crippen molar-refractivity contribution in [1.29, 1.82) is 0 Å². The van der Waals surface area contributed by atoms with Gasteiger partial charge in [-0.15, -0.1) is 11.3 Å². The summed E-state index contributed by atoms with van der Waals surface area (Å²) in [5, 5.41) is 7.50. The first-order valence-corrected chi connectivity index (χ1v) is 10.4. The quantitative estimate of drug-likeness (QED) is 0.727. The molecule has 5 heteroatoms. The lowest BCUT2D eigenvalue weighted by molar-refractivity contribution is -0.121. The summed E-state index contributed by atoms with van der Waals surface area (Å²) < 4.78 is 0. The molecule has 0 spiro atoms. The molecule has 1 aliphatic rings. The van der Waals surface area contributed by atoms with Crippen LogP contribution in [0.2, 0.25) is 0 Å². The summed E-state index contributed by atoms with van der Waals surface area (Å²) in [6.45, 7) is 6.88. The third-order valence-corrected chi connectivity index (χ3v) is 6.20. The highest BCUT2D eigenvalue weighted by Gasteiger charge is 2.26. The van der Waals surface area contributed by atoms with Crippen LogP contribution in [0.5, 0.6) is 0 Å². The van der Waals surface area contributed by atoms with Gasteiger partial charge in [0.15, 0.2) is 0 Å². The van der Waals surface area contributed by atoms with E-state index in [2.05, 4.69) is 50.8 Å². The number of amides is 1. The predicted molar refractivity (Wildman–Crippen MR) is 113 cm³/mol. The van der Waals surface area contributed by atoms with Crippen molar-refractivity contribution >= 4 is 33.7 Å². The van der Waals surface area contributed by atoms with Gasteiger partial charge in [0.25, 0.3) is 0 Å². The van der Waals surface area contributed by atoms with Crippen LogP contribution >= 0.6 is 11.3 Å². The number of carbonyl (C=O) groups excluding carboxylic acids is 1. The molecular formula is C22H25N3OS. The molecule has 1 aliphatic heterocycles. The molecule has 0 saturated carbocycles. The number of benzene rings is 2. The normalized spacial score (nSPS) is 17.1. The van der Waals surface area contributed by atoms with Crippen LogP contribution in [0.25, 0.3) is 10.8 Å². The Labute approximate surface area is 164 Å². The van der Waals surface area contributed by atoms with Crippen LogP contribution in [0.15, 0.2) is 60.0 Å². The molecule has 1 fully saturated rings. The fourth-order valence-corrected chi connectivity index (χ4v) is 4.42. The largest absolute Gasteiger partial charge is 0.324 e. The smallest absolute Gasteiger partial charge is 0.241 e. The lowest BCUT2D eigenvalue weighted by atomic mass is 10.1. The standard InChI is InChI=1S/C22H25N3OS/c1-17(25-13-11-24(12-14-25)16-19-8-5-15-27-19)22(26)23-21-10-4-7-18-6-2-3-9-20(18)21/h2-10,15,17H,11-14,16H2,1H3,(H,23,26)/t17-/m0/s1. The van der Waals surface area contributed by atoms with Gasteiger partial charge < -0.3 is 5.32 Å². The van der Waals surface area contributed by atoms with Gasteiger partial charge in [-0.2, -0.15) is 0 Å². The molecule has 27 heavy (non-hydrogen) atoms. The Morgan fingerprint density at radius 1 is 1.04 bits per heavy atom. The first-order chi connectivity index (χ1) is 13.2. The number of hydrogen-bond donors (Lipinski definition) is 1. The number of nitrogens with zero attached hydrogens (tertiary/aromatic N) is 2. The first kappa shape index (κ1) is 18.2. The molecular weight excluding hydrogens is 354 g/mol. The summed E-state index contributed by atoms with van der Waals surface area (Å²) >= 11 is 1.81. The van der Waals surface area contributed by atoms with Crippen molar-refractivity contribution in [1.82, 2.24) is 9.80 Å². The highest BCUT2D eigenvalue weighted by Crippen LogP contribution is 2.23. The summed E-state index contributed by atoms with van der Waals surface area (Å²) in [4.78, 5) is 19.0. The second kappa shape index (κ2) is 8.21. The van der Waals surface area contributed by atoms with Crippen molar-refractivity contribution in [3.8, 4) is 0 Å². The van der Waals surface area contributed by atoms with Crippen LogP contribution in [0.1, 0.15) is 11.8 Å². The molecule has 0 aliphatic carbocycles. The zero-order valence-corrected chi connectivity index (χ0v) is 16.4. The Balaban J connectivity index is 1.35. The van der Waals surface area contributed by atoms with Crippen molar-refractivity contribution in [2.24, 2.45) is 0 Å². The zero-order valence-electron chi connectivity index (χ0n) is 15.6. The van der Waals surface area contributed by atoms with E-state index in [1.807, 2.05) is 42.5 Å². The van der Waals surface area contributed by atoms with Crippen molar-refractivity contribution in [2.75, 3.05) is 31.5 Å². The molecule has 0 bridgehead atoms. The SMILES string of the molecule is C[C@@H](C(=O)Nc1cccc2ccccc12)N1CCN(Cc2cccs2)CC1. The van der Waals surface area contributed by atoms with Crippen molar-refractivity contribution in [2.45, 2.75) is 19.5 Å². The topological polar surface area (TPSA) is 35.6 Å². The highest BCUT2D eigenvalue weighted by atomic mass is 32.1. The Morgan fingerprint density at radius 2 is 1.81 bits per heavy atom. The minimum Gasteiger partial charge on any atom is -0.324 e. The van der Waals surface area contributed by atoms with Crippen LogP contribution in [-0.4, -0.2) is 47.9 Å². The van der Waals surface area contributed by atoms with Crippen LogP contribution < -0.4 is 5.32 Å². The lowest BCUT2D eigenvalue weighted by Crippen LogP contribution is -2.52. The minimum atomic E-state index is -0.132. The maximum Gasteiger partial charge on any atom is 0.241 e. The maximum absolute atomic E-state index is 12.8. The van der Waals surface area contributed by atoms with E-state index in [9.17, 15) is 4.79 Å². The summed E-state index contributed by atoms with van der Waals surface area (Å²) in [6, 6.07) is 18.4. The van der Waals surface area contributed by atoms with E-state index in [1.54, 1.807) is 0 Å². The Morgan fingerprint density at radius 3 is 2.59 bits per heavy atom. The van der Waals surface area contributed by atoms with Crippen LogP contribution in [0.4, 0.5) is 5.69 Å². The fraction of sp³-hybridized carbons (Fsp3) is 0.318. The molecule has 2 aromatic carbocycles. The third kappa shape index (κ3) is 4.21. The van der Waals surface area contributed by atoms with E-state index >= 15 is 0 Å². The second-order valence-electron chi connectivity index (χ2n) is 7.08. The number of rotatable bonds is 5. The number of nitrogens with one attached hydrogen (secondary N) is 1. The molecule has 1 saturated heterocycles. The van der Waals surface area contributed by atoms with Crippen LogP contribution in [0.3, 0.4) is 0 Å². The number of fused-ring (bicyclic) bond motifs is 1. The molecule has 1 aromatic heterocycles. The lowest BCUT2D eigenvalue weighted by Gasteiger charge is -2.37. The van der Waals surface area contributed by atoms with E-state index in [-0.39, 0.29) is 11.9 Å². The number of carbonyl (C=O) groups is 1. The average molecular weight is 380 g/mol. The van der Waals surface area contributed by atoms with Crippen LogP contribution in [-0.2, 0) is 11.3 Å². The molecule has 4 nitrogen and oxygen atoms in total. The van der Waals surface area contributed by atoms with Gasteiger partial charge in [0.05, 0.1) is 6.04 Å². The Kier molecular flexibility index (Phi) is 5.53. The summed E-state index contributed by atoms with van der Waals surface area (Å²) in [7, 11) is 0. The van der Waals surface area contributed by atoms with E-state index in [0.29, 0.717) is 0 Å². The van der Waals surface area contributed by atoms with E-state index in [0.717, 1.165) is 49.2 Å². The summed E-state index contributed by atoms with van der Waals surface area (Å²) in [6.07, 6.45) is 0. The molecule has 1 amide bonds. The molecule has 2 heterocycles. The number of hydrogen-bond acceptors (Lipinski definition) is 4. The zero-order chi connectivity index (χ0) is 18.6. The second-order valence-corrected chi connectivity index (χ2v) is 8.12. The fourth-order valence-electron chi connectivity index (χ4n) is 3.67. The molecule has 1 N–H and O–H groups in total. The van der Waals surface area contributed by atoms with E-state index in [1.165, 1.54) is 4.88 Å². The highest BCUT2D eigenvalue weighted by molar-refractivity contribution is 7.09. The predicted octanol–water partition coefficient (Wildman–Crippen LogP) is 4.05. The van der Waals surface area contributed by atoms with Gasteiger partial charge in [0.1, 0.15) is 0 Å². The van der Waals surface area contributed by atoms with Crippen molar-refractivity contribution in [3.05, 3.63) is 64.9 Å². The van der Waals surface area contributed by atoms with Gasteiger partial charge in [-0.05, 0) is 29.8 Å². The minimum absolute atomic E-state index is 0.0676. The molecule has 1 atom stereocenters. The summed E-state index contributed by atoms with van der Waals surface area (Å²) in [5.41, 5.74) is 0.890. The molecule has 0 unspecified atom stereocenters. The van der Waals surface area contributed by atoms with Gasteiger partial charge in [0, 0.05) is 48.7 Å². The van der Waals surface area contributed by atoms with Crippen molar-refractivity contribution < 1.29 is 4.79 Å². The van der Waals surface area contributed by atoms with Gasteiger partial charge in [-0.1, -0.05) is 42.5 Å².